The number of pyridine rings is 1. The molecule has 9 rings (SSSR count). The average Bonchev–Trinajstić information content (AvgIpc) is 3.75. The number of hydrogen-bond donors (Lipinski definition) is 1. The molecule has 1 aliphatic carbocycles. The molecule has 4 aliphatic rings. The summed E-state index contributed by atoms with van der Waals surface area (Å²) in [4.78, 5) is 33.3. The first-order valence-corrected chi connectivity index (χ1v) is 19.3. The van der Waals surface area contributed by atoms with Crippen LogP contribution in [0.1, 0.15) is 56.2 Å². The van der Waals surface area contributed by atoms with Gasteiger partial charge < -0.3 is 24.5 Å². The number of aromatic nitrogens is 3. The van der Waals surface area contributed by atoms with Gasteiger partial charge in [-0.2, -0.15) is 9.97 Å². The van der Waals surface area contributed by atoms with E-state index in [0.717, 1.165) is 44.7 Å². The van der Waals surface area contributed by atoms with Crippen LogP contribution >= 0.6 is 0 Å². The second-order valence-electron chi connectivity index (χ2n) is 15.7. The van der Waals surface area contributed by atoms with Crippen molar-refractivity contribution in [2.75, 3.05) is 38.2 Å². The summed E-state index contributed by atoms with van der Waals surface area (Å²) in [5.41, 5.74) is 0.535. The molecular formula is C44H41F3N6O3. The number of amides is 1. The first-order valence-electron chi connectivity index (χ1n) is 19.3. The van der Waals surface area contributed by atoms with Crippen molar-refractivity contribution in [3.8, 4) is 35.2 Å². The van der Waals surface area contributed by atoms with Crippen LogP contribution in [-0.4, -0.2) is 87.2 Å². The molecule has 0 spiro atoms. The van der Waals surface area contributed by atoms with Gasteiger partial charge in [0.05, 0.1) is 29.9 Å². The average molecular weight is 759 g/mol. The molecular weight excluding hydrogens is 718 g/mol. The van der Waals surface area contributed by atoms with E-state index in [1.165, 1.54) is 24.3 Å². The number of halogens is 3. The summed E-state index contributed by atoms with van der Waals surface area (Å²) >= 11 is 0. The van der Waals surface area contributed by atoms with Crippen LogP contribution < -0.4 is 9.64 Å². The molecule has 2 bridgehead atoms. The van der Waals surface area contributed by atoms with Crippen LogP contribution in [-0.2, 0) is 4.79 Å². The summed E-state index contributed by atoms with van der Waals surface area (Å²) in [5.74, 6) is -0.180. The number of benzene rings is 3. The minimum Gasteiger partial charge on any atom is -0.508 e. The third kappa shape index (κ3) is 6.09. The van der Waals surface area contributed by atoms with Crippen molar-refractivity contribution in [2.24, 2.45) is 5.41 Å². The Balaban J connectivity index is 1.12. The molecule has 286 valence electrons. The number of nitrogens with zero attached hydrogens (tertiary/aromatic N) is 6. The number of fused-ring (bicyclic) bond motifs is 5. The highest BCUT2D eigenvalue weighted by Gasteiger charge is 2.48. The molecule has 1 N–H and O–H groups in total. The lowest BCUT2D eigenvalue weighted by Crippen LogP contribution is -2.56. The maximum absolute atomic E-state index is 17.2. The summed E-state index contributed by atoms with van der Waals surface area (Å²) in [7, 11) is 2.16. The Kier molecular flexibility index (Phi) is 9.08. The number of phenols is 1. The number of anilines is 1. The quantitative estimate of drug-likeness (QED) is 0.134. The molecule has 1 amide bonds. The Morgan fingerprint density at radius 1 is 1.04 bits per heavy atom. The number of carbonyl (C=O) groups is 1. The standard InChI is InChI=1S/C44H41F3N6O3/c1-3-31-35(45)15-10-26-20-30(54)22-34(38(26)31)32-13-14-33-40(39(32)47)49-43(56-25-44-16-6-9-37(44)51(2)19-7-17-44)50-41(33)52-23-28-11-12-29(24-52)53(28)42(55)36(46)21-27-8-4-5-18-48-27/h1,4-5,8,10,13-15,18,20-22,28-29,37,54H,6-7,9,11-12,16-17,19,23-25H2,2H3/b36-21-/t28-,29+,37-,44-/m1/s1. The largest absolute Gasteiger partial charge is 0.508 e. The Labute approximate surface area is 322 Å². The van der Waals surface area contributed by atoms with Crippen LogP contribution in [0.3, 0.4) is 0 Å². The number of terminal acetylenes is 1. The van der Waals surface area contributed by atoms with Gasteiger partial charge >= 0.3 is 6.01 Å². The van der Waals surface area contributed by atoms with Crippen LogP contribution in [0.5, 0.6) is 11.8 Å². The molecule has 56 heavy (non-hydrogen) atoms. The molecule has 3 aromatic carbocycles. The second-order valence-corrected chi connectivity index (χ2v) is 15.7. The molecule has 3 saturated heterocycles. The van der Waals surface area contributed by atoms with Crippen molar-refractivity contribution in [1.29, 1.82) is 0 Å². The molecule has 0 radical (unpaired) electrons. The van der Waals surface area contributed by atoms with Gasteiger partial charge in [0.15, 0.2) is 11.6 Å². The third-order valence-corrected chi connectivity index (χ3v) is 12.5. The van der Waals surface area contributed by atoms with E-state index < -0.39 is 23.4 Å². The molecule has 3 aliphatic heterocycles. The van der Waals surface area contributed by atoms with Gasteiger partial charge in [-0.25, -0.2) is 13.2 Å². The normalized spacial score (nSPS) is 23.8. The van der Waals surface area contributed by atoms with Gasteiger partial charge in [0.2, 0.25) is 0 Å². The maximum atomic E-state index is 17.2. The van der Waals surface area contributed by atoms with Crippen LogP contribution in [0, 0.1) is 29.4 Å². The Hall–Kier alpha value is -5.67. The third-order valence-electron chi connectivity index (χ3n) is 12.5. The highest BCUT2D eigenvalue weighted by molar-refractivity contribution is 6.04. The number of rotatable bonds is 7. The minimum atomic E-state index is -0.878. The number of likely N-dealkylation sites (tertiary alicyclic amines) is 1. The molecule has 5 aromatic rings. The van der Waals surface area contributed by atoms with Gasteiger partial charge in [-0.1, -0.05) is 30.5 Å². The fraction of sp³-hybridized carbons (Fsp3) is 0.364. The van der Waals surface area contributed by atoms with E-state index in [9.17, 15) is 9.90 Å². The van der Waals surface area contributed by atoms with Gasteiger partial charge in [-0.3, -0.25) is 9.78 Å². The van der Waals surface area contributed by atoms with Crippen molar-refractivity contribution in [3.63, 3.8) is 0 Å². The molecule has 0 unspecified atom stereocenters. The smallest absolute Gasteiger partial charge is 0.319 e. The van der Waals surface area contributed by atoms with E-state index >= 15 is 13.2 Å². The number of aromatic hydroxyl groups is 1. The first kappa shape index (κ1) is 36.0. The number of hydrogen-bond acceptors (Lipinski definition) is 8. The highest BCUT2D eigenvalue weighted by atomic mass is 19.1. The van der Waals surface area contributed by atoms with Gasteiger partial charge in [-0.05, 0) is 99.5 Å². The van der Waals surface area contributed by atoms with E-state index in [-0.39, 0.29) is 51.5 Å². The Morgan fingerprint density at radius 3 is 2.61 bits per heavy atom. The van der Waals surface area contributed by atoms with Crippen molar-refractivity contribution in [2.45, 2.75) is 63.1 Å². The van der Waals surface area contributed by atoms with Crippen LogP contribution in [0.25, 0.3) is 38.9 Å². The number of carbonyl (C=O) groups excluding carboxylic acids is 1. The topological polar surface area (TPSA) is 94.9 Å². The monoisotopic (exact) mass is 758 g/mol. The van der Waals surface area contributed by atoms with Crippen LogP contribution in [0.15, 0.2) is 66.6 Å². The van der Waals surface area contributed by atoms with Gasteiger partial charge in [0, 0.05) is 53.2 Å². The molecule has 12 heteroatoms. The fourth-order valence-corrected chi connectivity index (χ4v) is 9.99. The zero-order valence-electron chi connectivity index (χ0n) is 31.0. The number of phenolic OH excluding ortho intramolecular Hbond substituents is 1. The number of piperazine rings is 1. The van der Waals surface area contributed by atoms with E-state index in [1.54, 1.807) is 41.4 Å². The summed E-state index contributed by atoms with van der Waals surface area (Å²) in [6, 6.07) is 13.7. The Bertz CT molecular complexity index is 2440. The lowest BCUT2D eigenvalue weighted by atomic mass is 9.76. The second kappa shape index (κ2) is 14.1. The summed E-state index contributed by atoms with van der Waals surface area (Å²) in [6.45, 7) is 2.09. The van der Waals surface area contributed by atoms with Crippen molar-refractivity contribution < 1.29 is 27.8 Å². The van der Waals surface area contributed by atoms with Gasteiger partial charge in [0.25, 0.3) is 5.91 Å². The lowest BCUT2D eigenvalue weighted by Gasteiger charge is -2.44. The first-order chi connectivity index (χ1) is 27.1. The molecule has 9 nitrogen and oxygen atoms in total. The molecule has 2 aromatic heterocycles. The molecule has 1 saturated carbocycles. The maximum Gasteiger partial charge on any atom is 0.319 e. The summed E-state index contributed by atoms with van der Waals surface area (Å²) in [5, 5.41) is 11.9. The number of piperidine rings is 1. The fourth-order valence-electron chi connectivity index (χ4n) is 9.99. The van der Waals surface area contributed by atoms with E-state index in [4.69, 9.17) is 21.1 Å². The van der Waals surface area contributed by atoms with E-state index in [0.29, 0.717) is 66.3 Å². The zero-order chi connectivity index (χ0) is 38.7. The number of ether oxygens (including phenoxy) is 1. The summed E-state index contributed by atoms with van der Waals surface area (Å²) in [6.07, 6.45) is 15.1. The Morgan fingerprint density at radius 2 is 1.84 bits per heavy atom. The van der Waals surface area contributed by atoms with Crippen molar-refractivity contribution >= 4 is 39.5 Å². The molecule has 4 fully saturated rings. The van der Waals surface area contributed by atoms with Gasteiger partial charge in [-0.15, -0.1) is 6.42 Å². The van der Waals surface area contributed by atoms with Crippen molar-refractivity contribution in [3.05, 3.63) is 89.5 Å². The summed E-state index contributed by atoms with van der Waals surface area (Å²) < 4.78 is 54.2. The SMILES string of the molecule is C#Cc1c(F)ccc2cc(O)cc(-c3ccc4c(N5C[C@H]6CC[C@@H](C5)N6C(=O)/C(F)=C/c5ccccn5)nc(OC[C@]56CCC[C@H]5N(C)CCC6)nc4c3F)c12. The lowest BCUT2D eigenvalue weighted by molar-refractivity contribution is -0.131. The van der Waals surface area contributed by atoms with Crippen LogP contribution in [0.2, 0.25) is 0 Å². The highest BCUT2D eigenvalue weighted by Crippen LogP contribution is 2.48. The van der Waals surface area contributed by atoms with E-state index in [1.807, 2.05) is 4.90 Å². The predicted octanol–water partition coefficient (Wildman–Crippen LogP) is 7.64. The van der Waals surface area contributed by atoms with Gasteiger partial charge in [0.1, 0.15) is 22.9 Å². The van der Waals surface area contributed by atoms with Crippen molar-refractivity contribution in [1.82, 2.24) is 24.8 Å². The molecule has 5 heterocycles. The zero-order valence-corrected chi connectivity index (χ0v) is 31.0. The minimum absolute atomic E-state index is 0.00548. The van der Waals surface area contributed by atoms with Crippen LogP contribution in [0.4, 0.5) is 19.0 Å². The van der Waals surface area contributed by atoms with E-state index in [2.05, 4.69) is 22.9 Å². The molecule has 4 atom stereocenters. The predicted molar refractivity (Wildman–Crippen MR) is 209 cm³/mol.